The van der Waals surface area contributed by atoms with Gasteiger partial charge < -0.3 is 19.0 Å². The molecule has 0 fully saturated rings. The molecule has 0 amide bonds. The Labute approximate surface area is 83.7 Å². The van der Waals surface area contributed by atoms with Gasteiger partial charge in [0.1, 0.15) is 0 Å². The van der Waals surface area contributed by atoms with Crippen molar-refractivity contribution in [3.05, 3.63) is 0 Å². The molecule has 1 N–H and O–H groups in total. The topological polar surface area (TPSA) is 21.8 Å². The normalized spacial score (nSPS) is 13.4. The van der Waals surface area contributed by atoms with E-state index in [0.717, 1.165) is 6.17 Å². The molecule has 0 aromatic carbocycles. The molecule has 0 aliphatic carbocycles. The lowest BCUT2D eigenvalue weighted by Gasteiger charge is -2.46. The molecule has 0 spiro atoms. The number of rotatable bonds is 5. The van der Waals surface area contributed by atoms with Crippen molar-refractivity contribution >= 4 is 8.56 Å². The zero-order valence-electron chi connectivity index (χ0n) is 10.0. The van der Waals surface area contributed by atoms with Gasteiger partial charge in [-0.1, -0.05) is 0 Å². The fraction of sp³-hybridized carbons (Fsp3) is 1.00. The molecular weight excluding hydrogens is 180 g/mol. The van der Waals surface area contributed by atoms with Crippen LogP contribution in [0.2, 0.25) is 0 Å². The van der Waals surface area contributed by atoms with E-state index in [1.807, 2.05) is 7.05 Å². The van der Waals surface area contributed by atoms with E-state index in [0.29, 0.717) is 0 Å². The molecule has 0 heterocycles. The molecule has 0 saturated carbocycles. The average molecular weight is 204 g/mol. The molecule has 0 aromatic heterocycles. The zero-order chi connectivity index (χ0) is 10.6. The summed E-state index contributed by atoms with van der Waals surface area (Å²) in [7, 11) is 13.3. The third-order valence-electron chi connectivity index (χ3n) is 2.56. The van der Waals surface area contributed by atoms with Crippen molar-refractivity contribution in [1.82, 2.24) is 19.0 Å². The fourth-order valence-electron chi connectivity index (χ4n) is 1.91. The van der Waals surface area contributed by atoms with Crippen molar-refractivity contribution in [2.75, 3.05) is 55.5 Å². The van der Waals surface area contributed by atoms with Gasteiger partial charge >= 0.3 is 8.56 Å². The number of hydrogen-bond donors (Lipinski definition) is 1. The first kappa shape index (κ1) is 13.1. The molecule has 0 bridgehead atoms. The van der Waals surface area contributed by atoms with Crippen LogP contribution < -0.4 is 5.32 Å². The molecule has 5 heteroatoms. The standard InChI is InChI=1S/C8H24N4Si/c1-9-8-13(10(2)3,11(4)5)12(6)7/h9H,8H2,1-7H3. The number of hydrogen-bond acceptors (Lipinski definition) is 4. The van der Waals surface area contributed by atoms with E-state index in [1.165, 1.54) is 0 Å². The summed E-state index contributed by atoms with van der Waals surface area (Å²) in [6, 6.07) is 0. The molecule has 13 heavy (non-hydrogen) atoms. The van der Waals surface area contributed by atoms with Crippen molar-refractivity contribution in [2.24, 2.45) is 0 Å². The maximum absolute atomic E-state index is 3.29. The van der Waals surface area contributed by atoms with Crippen molar-refractivity contribution < 1.29 is 0 Å². The number of nitrogens with zero attached hydrogens (tertiary/aromatic N) is 3. The van der Waals surface area contributed by atoms with Gasteiger partial charge in [-0.15, -0.1) is 0 Å². The molecule has 0 atom stereocenters. The van der Waals surface area contributed by atoms with Gasteiger partial charge in [0, 0.05) is 6.17 Å². The van der Waals surface area contributed by atoms with E-state index in [-0.39, 0.29) is 0 Å². The first-order valence-corrected chi connectivity index (χ1v) is 6.61. The quantitative estimate of drug-likeness (QED) is 0.602. The Balaban J connectivity index is 4.82. The van der Waals surface area contributed by atoms with Gasteiger partial charge in [-0.3, -0.25) is 0 Å². The van der Waals surface area contributed by atoms with Crippen LogP contribution in [0.25, 0.3) is 0 Å². The maximum atomic E-state index is 3.29. The summed E-state index contributed by atoms with van der Waals surface area (Å²) < 4.78 is 7.05. The fourth-order valence-corrected chi connectivity index (χ4v) is 5.73. The monoisotopic (exact) mass is 204 g/mol. The van der Waals surface area contributed by atoms with E-state index in [4.69, 9.17) is 0 Å². The van der Waals surface area contributed by atoms with E-state index in [1.54, 1.807) is 0 Å². The van der Waals surface area contributed by atoms with Crippen LogP contribution in [0.4, 0.5) is 0 Å². The maximum Gasteiger partial charge on any atom is 0.302 e. The summed E-state index contributed by atoms with van der Waals surface area (Å²) in [4.78, 5) is 0. The lowest BCUT2D eigenvalue weighted by molar-refractivity contribution is 0.373. The van der Waals surface area contributed by atoms with Crippen LogP contribution in [0.3, 0.4) is 0 Å². The lowest BCUT2D eigenvalue weighted by Crippen LogP contribution is -2.74. The molecule has 0 aliphatic rings. The van der Waals surface area contributed by atoms with Crippen LogP contribution in [0.1, 0.15) is 0 Å². The minimum atomic E-state index is -1.64. The van der Waals surface area contributed by atoms with Crippen LogP contribution in [-0.2, 0) is 0 Å². The summed E-state index contributed by atoms with van der Waals surface area (Å²) in [5.74, 6) is 0. The molecule has 0 unspecified atom stereocenters. The van der Waals surface area contributed by atoms with E-state index >= 15 is 0 Å². The summed E-state index contributed by atoms with van der Waals surface area (Å²) in [5.41, 5.74) is 0. The largest absolute Gasteiger partial charge is 0.318 e. The van der Waals surface area contributed by atoms with Gasteiger partial charge in [-0.25, -0.2) is 0 Å². The highest BCUT2D eigenvalue weighted by molar-refractivity contribution is 6.71. The van der Waals surface area contributed by atoms with E-state index in [9.17, 15) is 0 Å². The van der Waals surface area contributed by atoms with Crippen LogP contribution in [0, 0.1) is 0 Å². The smallest absolute Gasteiger partial charge is 0.302 e. The molecule has 0 radical (unpaired) electrons. The molecule has 0 saturated heterocycles. The van der Waals surface area contributed by atoms with Gasteiger partial charge in [0.25, 0.3) is 0 Å². The van der Waals surface area contributed by atoms with Gasteiger partial charge in [0.05, 0.1) is 0 Å². The molecule has 4 nitrogen and oxygen atoms in total. The molecule has 0 aliphatic heterocycles. The second-order valence-electron chi connectivity index (χ2n) is 3.99. The average Bonchev–Trinajstić information content (AvgIpc) is 1.97. The molecule has 0 rings (SSSR count). The van der Waals surface area contributed by atoms with Gasteiger partial charge in [-0.2, -0.15) is 0 Å². The molecular formula is C8H24N4Si. The summed E-state index contributed by atoms with van der Waals surface area (Å²) in [5, 5.41) is 3.29. The summed E-state index contributed by atoms with van der Waals surface area (Å²) in [6.07, 6.45) is 1.04. The highest BCUT2D eigenvalue weighted by Crippen LogP contribution is 2.10. The van der Waals surface area contributed by atoms with Crippen molar-refractivity contribution in [2.45, 2.75) is 0 Å². The van der Waals surface area contributed by atoms with Crippen molar-refractivity contribution in [3.8, 4) is 0 Å². The van der Waals surface area contributed by atoms with Gasteiger partial charge in [0.2, 0.25) is 0 Å². The van der Waals surface area contributed by atoms with Crippen LogP contribution in [0.15, 0.2) is 0 Å². The third-order valence-corrected chi connectivity index (χ3v) is 7.69. The predicted octanol–water partition coefficient (Wildman–Crippen LogP) is -0.631. The number of nitrogens with one attached hydrogen (secondary N) is 1. The Kier molecular flexibility index (Phi) is 5.09. The Morgan fingerprint density at radius 1 is 0.846 bits per heavy atom. The van der Waals surface area contributed by atoms with Gasteiger partial charge in [0.15, 0.2) is 0 Å². The van der Waals surface area contributed by atoms with E-state index < -0.39 is 8.56 Å². The van der Waals surface area contributed by atoms with E-state index in [2.05, 4.69) is 61.3 Å². The third kappa shape index (κ3) is 2.51. The van der Waals surface area contributed by atoms with Crippen LogP contribution in [-0.4, -0.2) is 77.8 Å². The minimum Gasteiger partial charge on any atom is -0.318 e. The predicted molar refractivity (Wildman–Crippen MR) is 60.7 cm³/mol. The SMILES string of the molecule is CNC[Si](N(C)C)(N(C)C)N(C)C. The zero-order valence-corrected chi connectivity index (χ0v) is 11.0. The van der Waals surface area contributed by atoms with Gasteiger partial charge in [-0.05, 0) is 49.3 Å². The lowest BCUT2D eigenvalue weighted by atomic mass is 11.2. The highest BCUT2D eigenvalue weighted by Gasteiger charge is 2.41. The molecule has 80 valence electrons. The summed E-state index contributed by atoms with van der Waals surface area (Å²) in [6.45, 7) is 0. The van der Waals surface area contributed by atoms with Crippen molar-refractivity contribution in [3.63, 3.8) is 0 Å². The Hall–Kier alpha value is 0.0569. The Morgan fingerprint density at radius 2 is 1.15 bits per heavy atom. The second-order valence-corrected chi connectivity index (χ2v) is 8.57. The Morgan fingerprint density at radius 3 is 1.23 bits per heavy atom. The first-order valence-electron chi connectivity index (χ1n) is 4.56. The van der Waals surface area contributed by atoms with Crippen molar-refractivity contribution in [1.29, 1.82) is 0 Å². The highest BCUT2D eigenvalue weighted by atomic mass is 28.4. The van der Waals surface area contributed by atoms with Crippen LogP contribution >= 0.6 is 0 Å². The second kappa shape index (κ2) is 5.07. The minimum absolute atomic E-state index is 1.04. The first-order chi connectivity index (χ1) is 5.89. The van der Waals surface area contributed by atoms with Crippen LogP contribution in [0.5, 0.6) is 0 Å². The molecule has 0 aromatic rings. The summed E-state index contributed by atoms with van der Waals surface area (Å²) >= 11 is 0. The Bertz CT molecular complexity index is 125.